The number of hydrogen-bond donors (Lipinski definition) is 2. The molecule has 0 spiro atoms. The van der Waals surface area contributed by atoms with E-state index in [1.807, 2.05) is 13.8 Å². The molecular weight excluding hydrogens is 326 g/mol. The molecule has 1 amide bonds. The van der Waals surface area contributed by atoms with Crippen molar-refractivity contribution in [3.05, 3.63) is 22.1 Å². The lowest BCUT2D eigenvalue weighted by atomic mass is 10.1. The molecule has 1 aliphatic rings. The van der Waals surface area contributed by atoms with Gasteiger partial charge in [0.2, 0.25) is 5.91 Å². The summed E-state index contributed by atoms with van der Waals surface area (Å²) >= 11 is 1.13. The average molecular weight is 345 g/mol. The molecule has 0 aromatic carbocycles. The molecule has 2 N–H and O–H groups in total. The van der Waals surface area contributed by atoms with E-state index in [1.165, 1.54) is 6.07 Å². The van der Waals surface area contributed by atoms with E-state index >= 15 is 0 Å². The Morgan fingerprint density at radius 2 is 2.27 bits per heavy atom. The van der Waals surface area contributed by atoms with Crippen molar-refractivity contribution in [2.45, 2.75) is 37.4 Å². The normalized spacial score (nSPS) is 20.2. The molecule has 0 bridgehead atoms. The average Bonchev–Trinajstić information content (AvgIpc) is 2.75. The van der Waals surface area contributed by atoms with Crippen molar-refractivity contribution >= 4 is 27.5 Å². The van der Waals surface area contributed by atoms with E-state index in [0.29, 0.717) is 17.3 Å². The van der Waals surface area contributed by atoms with Gasteiger partial charge in [0.25, 0.3) is 5.56 Å². The fraction of sp³-hybridized carbons (Fsp3) is 0.615. The number of hydrogen-bond acceptors (Lipinski definition) is 6. The van der Waals surface area contributed by atoms with Gasteiger partial charge in [0, 0.05) is 12.1 Å². The SMILES string of the molecule is CC(C)c1cc(=O)[nH]c(SCC(=O)NC2CCS(=O)(=O)C2)n1. The van der Waals surface area contributed by atoms with Crippen LogP contribution in [0, 0.1) is 0 Å². The summed E-state index contributed by atoms with van der Waals surface area (Å²) in [6.07, 6.45) is 0.455. The highest BCUT2D eigenvalue weighted by Gasteiger charge is 2.28. The van der Waals surface area contributed by atoms with Crippen LogP contribution in [0.2, 0.25) is 0 Å². The molecule has 122 valence electrons. The van der Waals surface area contributed by atoms with Crippen LogP contribution >= 0.6 is 11.8 Å². The number of aromatic nitrogens is 2. The molecular formula is C13H19N3O4S2. The second kappa shape index (κ2) is 6.82. The molecule has 0 aliphatic carbocycles. The highest BCUT2D eigenvalue weighted by atomic mass is 32.2. The lowest BCUT2D eigenvalue weighted by molar-refractivity contribution is -0.119. The van der Waals surface area contributed by atoms with E-state index in [4.69, 9.17) is 0 Å². The van der Waals surface area contributed by atoms with Gasteiger partial charge in [0.15, 0.2) is 15.0 Å². The summed E-state index contributed by atoms with van der Waals surface area (Å²) in [4.78, 5) is 30.3. The van der Waals surface area contributed by atoms with Crippen LogP contribution < -0.4 is 10.9 Å². The van der Waals surface area contributed by atoms with Crippen LogP contribution in [-0.4, -0.2) is 47.6 Å². The van der Waals surface area contributed by atoms with Gasteiger partial charge in [-0.15, -0.1) is 0 Å². The summed E-state index contributed by atoms with van der Waals surface area (Å²) in [6.45, 7) is 3.87. The molecule has 2 rings (SSSR count). The van der Waals surface area contributed by atoms with Gasteiger partial charge in [0.1, 0.15) is 0 Å². The number of thioether (sulfide) groups is 1. The van der Waals surface area contributed by atoms with Gasteiger partial charge in [0.05, 0.1) is 23.0 Å². The first-order chi connectivity index (χ1) is 10.2. The monoisotopic (exact) mass is 345 g/mol. The highest BCUT2D eigenvalue weighted by molar-refractivity contribution is 7.99. The van der Waals surface area contributed by atoms with Gasteiger partial charge < -0.3 is 10.3 Å². The summed E-state index contributed by atoms with van der Waals surface area (Å²) in [7, 11) is -3.01. The number of amides is 1. The van der Waals surface area contributed by atoms with Crippen molar-refractivity contribution < 1.29 is 13.2 Å². The molecule has 22 heavy (non-hydrogen) atoms. The molecule has 1 aromatic rings. The van der Waals surface area contributed by atoms with Gasteiger partial charge in [-0.2, -0.15) is 0 Å². The van der Waals surface area contributed by atoms with E-state index in [9.17, 15) is 18.0 Å². The van der Waals surface area contributed by atoms with Crippen LogP contribution in [0.15, 0.2) is 16.0 Å². The molecule has 7 nitrogen and oxygen atoms in total. The van der Waals surface area contributed by atoms with Crippen LogP contribution in [0.4, 0.5) is 0 Å². The molecule has 9 heteroatoms. The summed E-state index contributed by atoms with van der Waals surface area (Å²) in [5, 5.41) is 3.09. The van der Waals surface area contributed by atoms with Crippen molar-refractivity contribution in [3.8, 4) is 0 Å². The van der Waals surface area contributed by atoms with Crippen molar-refractivity contribution in [1.29, 1.82) is 0 Å². The quantitative estimate of drug-likeness (QED) is 0.586. The standard InChI is InChI=1S/C13H19N3O4S2/c1-8(2)10-5-11(17)16-13(15-10)21-6-12(18)14-9-3-4-22(19,20)7-9/h5,8-9H,3-4,6-7H2,1-2H3,(H,14,18)(H,15,16,17). The summed E-state index contributed by atoms with van der Waals surface area (Å²) in [6, 6.07) is 1.13. The third-order valence-electron chi connectivity index (χ3n) is 3.27. The fourth-order valence-electron chi connectivity index (χ4n) is 2.13. The number of nitrogens with one attached hydrogen (secondary N) is 2. The van der Waals surface area contributed by atoms with E-state index in [2.05, 4.69) is 15.3 Å². The van der Waals surface area contributed by atoms with Gasteiger partial charge in [-0.05, 0) is 12.3 Å². The second-order valence-corrected chi connectivity index (χ2v) is 8.78. The fourth-order valence-corrected chi connectivity index (χ4v) is 4.50. The lowest BCUT2D eigenvalue weighted by Crippen LogP contribution is -2.36. The lowest BCUT2D eigenvalue weighted by Gasteiger charge is -2.10. The molecule has 0 radical (unpaired) electrons. The minimum absolute atomic E-state index is 0.00131. The Balaban J connectivity index is 1.90. The van der Waals surface area contributed by atoms with E-state index < -0.39 is 9.84 Å². The largest absolute Gasteiger partial charge is 0.352 e. The van der Waals surface area contributed by atoms with Crippen LogP contribution in [0.3, 0.4) is 0 Å². The zero-order valence-electron chi connectivity index (χ0n) is 12.5. The number of aromatic amines is 1. The predicted octanol–water partition coefficient (Wildman–Crippen LogP) is 0.289. The van der Waals surface area contributed by atoms with Crippen LogP contribution in [0.1, 0.15) is 31.9 Å². The number of carbonyl (C=O) groups is 1. The van der Waals surface area contributed by atoms with Gasteiger partial charge in [-0.25, -0.2) is 13.4 Å². The molecule has 1 fully saturated rings. The number of carbonyl (C=O) groups excluding carboxylic acids is 1. The number of sulfone groups is 1. The van der Waals surface area contributed by atoms with Crippen molar-refractivity contribution in [2.75, 3.05) is 17.3 Å². The maximum Gasteiger partial charge on any atom is 0.251 e. The Morgan fingerprint density at radius 1 is 1.55 bits per heavy atom. The number of H-pyrrole nitrogens is 1. The van der Waals surface area contributed by atoms with Crippen LogP contribution in [0.25, 0.3) is 0 Å². The van der Waals surface area contributed by atoms with Crippen molar-refractivity contribution in [3.63, 3.8) is 0 Å². The third-order valence-corrected chi connectivity index (χ3v) is 5.91. The molecule has 1 unspecified atom stereocenters. The molecule has 0 saturated carbocycles. The minimum atomic E-state index is -3.01. The zero-order valence-corrected chi connectivity index (χ0v) is 14.1. The topological polar surface area (TPSA) is 109 Å². The first kappa shape index (κ1) is 17.0. The van der Waals surface area contributed by atoms with Gasteiger partial charge >= 0.3 is 0 Å². The first-order valence-corrected chi connectivity index (χ1v) is 9.80. The maximum absolute atomic E-state index is 11.8. The summed E-state index contributed by atoms with van der Waals surface area (Å²) in [5.74, 6) is 0.0718. The van der Waals surface area contributed by atoms with E-state index in [0.717, 1.165) is 11.8 Å². The summed E-state index contributed by atoms with van der Waals surface area (Å²) in [5.41, 5.74) is 0.428. The van der Waals surface area contributed by atoms with E-state index in [1.54, 1.807) is 0 Å². The van der Waals surface area contributed by atoms with Crippen molar-refractivity contribution in [1.82, 2.24) is 15.3 Å². The van der Waals surface area contributed by atoms with Crippen LogP contribution in [0.5, 0.6) is 0 Å². The Morgan fingerprint density at radius 3 is 2.86 bits per heavy atom. The second-order valence-electron chi connectivity index (χ2n) is 5.59. The highest BCUT2D eigenvalue weighted by Crippen LogP contribution is 2.16. The summed E-state index contributed by atoms with van der Waals surface area (Å²) < 4.78 is 22.7. The maximum atomic E-state index is 11.8. The molecule has 2 heterocycles. The van der Waals surface area contributed by atoms with Gasteiger partial charge in [-0.3, -0.25) is 9.59 Å². The molecule has 1 atom stereocenters. The Kier molecular flexibility index (Phi) is 5.28. The zero-order chi connectivity index (χ0) is 16.3. The Bertz CT molecular complexity index is 712. The van der Waals surface area contributed by atoms with Crippen molar-refractivity contribution in [2.24, 2.45) is 0 Å². The van der Waals surface area contributed by atoms with Gasteiger partial charge in [-0.1, -0.05) is 25.6 Å². The minimum Gasteiger partial charge on any atom is -0.352 e. The Hall–Kier alpha value is -1.35. The predicted molar refractivity (Wildman–Crippen MR) is 84.9 cm³/mol. The number of rotatable bonds is 5. The van der Waals surface area contributed by atoms with Crippen LogP contribution in [-0.2, 0) is 14.6 Å². The van der Waals surface area contributed by atoms with E-state index in [-0.39, 0.29) is 40.7 Å². The smallest absolute Gasteiger partial charge is 0.251 e. The molecule has 1 saturated heterocycles. The third kappa shape index (κ3) is 4.84. The molecule has 1 aromatic heterocycles. The molecule has 1 aliphatic heterocycles. The Labute approximate surface area is 133 Å². The number of nitrogens with zero attached hydrogens (tertiary/aromatic N) is 1. The first-order valence-electron chi connectivity index (χ1n) is 6.99.